The SMILES string of the molecule is CC(C=CC1=C(C)CCCC1(C)C)=NNC(=O)CC1CCS(=O)(=O)C1. The minimum absolute atomic E-state index is 0.0770. The lowest BCUT2D eigenvalue weighted by Crippen LogP contribution is -2.22. The average Bonchev–Trinajstić information content (AvgIpc) is 2.82. The normalized spacial score (nSPS) is 26.2. The van der Waals surface area contributed by atoms with Gasteiger partial charge in [-0.2, -0.15) is 5.10 Å². The molecule has 5 nitrogen and oxygen atoms in total. The van der Waals surface area contributed by atoms with Crippen molar-refractivity contribution in [1.29, 1.82) is 0 Å². The highest BCUT2D eigenvalue weighted by molar-refractivity contribution is 7.91. The molecule has 1 amide bonds. The Bertz CT molecular complexity index is 715. The van der Waals surface area contributed by atoms with Gasteiger partial charge in [-0.25, -0.2) is 13.8 Å². The molecule has 0 spiro atoms. The number of hydrazone groups is 1. The van der Waals surface area contributed by atoms with Gasteiger partial charge in [0.15, 0.2) is 9.84 Å². The highest BCUT2D eigenvalue weighted by Gasteiger charge is 2.29. The predicted molar refractivity (Wildman–Crippen MR) is 102 cm³/mol. The number of allylic oxidation sites excluding steroid dienone is 4. The van der Waals surface area contributed by atoms with E-state index in [4.69, 9.17) is 0 Å². The molecule has 1 aliphatic carbocycles. The number of hydrogen-bond acceptors (Lipinski definition) is 4. The van der Waals surface area contributed by atoms with E-state index in [2.05, 4.69) is 37.4 Å². The van der Waals surface area contributed by atoms with Gasteiger partial charge in [-0.15, -0.1) is 0 Å². The van der Waals surface area contributed by atoms with Crippen LogP contribution in [0.15, 0.2) is 28.4 Å². The van der Waals surface area contributed by atoms with Crippen molar-refractivity contribution in [3.05, 3.63) is 23.3 Å². The molecular formula is C19H30N2O3S. The first-order chi connectivity index (χ1) is 11.6. The third-order valence-corrected chi connectivity index (χ3v) is 7.03. The smallest absolute Gasteiger partial charge is 0.240 e. The van der Waals surface area contributed by atoms with Gasteiger partial charge >= 0.3 is 0 Å². The Morgan fingerprint density at radius 3 is 2.72 bits per heavy atom. The first-order valence-electron chi connectivity index (χ1n) is 9.01. The van der Waals surface area contributed by atoms with Crippen molar-refractivity contribution in [2.75, 3.05) is 11.5 Å². The molecule has 2 aliphatic rings. The maximum absolute atomic E-state index is 11.9. The Hall–Kier alpha value is -1.43. The van der Waals surface area contributed by atoms with E-state index in [1.807, 2.05) is 13.0 Å². The zero-order valence-corrected chi connectivity index (χ0v) is 16.6. The van der Waals surface area contributed by atoms with Crippen LogP contribution in [-0.2, 0) is 14.6 Å². The molecular weight excluding hydrogens is 336 g/mol. The van der Waals surface area contributed by atoms with Crippen LogP contribution >= 0.6 is 0 Å². The Kier molecular flexibility index (Phi) is 6.25. The topological polar surface area (TPSA) is 75.6 Å². The van der Waals surface area contributed by atoms with Gasteiger partial charge < -0.3 is 0 Å². The Morgan fingerprint density at radius 2 is 2.12 bits per heavy atom. The Balaban J connectivity index is 1.90. The number of hydrogen-bond donors (Lipinski definition) is 1. The minimum Gasteiger partial charge on any atom is -0.273 e. The number of rotatable bonds is 5. The maximum Gasteiger partial charge on any atom is 0.240 e. The molecule has 140 valence electrons. The summed E-state index contributed by atoms with van der Waals surface area (Å²) in [6, 6.07) is 0. The summed E-state index contributed by atoms with van der Waals surface area (Å²) in [5.41, 5.74) is 6.23. The van der Waals surface area contributed by atoms with Crippen molar-refractivity contribution >= 4 is 21.5 Å². The first-order valence-corrected chi connectivity index (χ1v) is 10.8. The van der Waals surface area contributed by atoms with Crippen molar-refractivity contribution in [3.63, 3.8) is 0 Å². The van der Waals surface area contributed by atoms with Gasteiger partial charge in [0.05, 0.1) is 17.2 Å². The first kappa shape index (κ1) is 19.9. The van der Waals surface area contributed by atoms with E-state index in [0.29, 0.717) is 6.42 Å². The van der Waals surface area contributed by atoms with Gasteiger partial charge in [0.2, 0.25) is 5.91 Å². The number of carbonyl (C=O) groups excluding carboxylic acids is 1. The fourth-order valence-electron chi connectivity index (χ4n) is 3.74. The molecule has 1 atom stereocenters. The zero-order chi connectivity index (χ0) is 18.7. The van der Waals surface area contributed by atoms with Gasteiger partial charge in [-0.05, 0) is 62.5 Å². The standard InChI is InChI=1S/C19H30N2O3S/c1-14-6-5-10-19(3,4)17(14)8-7-15(2)20-21-18(22)12-16-9-11-25(23,24)13-16/h7-8,16H,5-6,9-13H2,1-4H3,(H,21,22). The number of carbonyl (C=O) groups is 1. The molecule has 0 aromatic heterocycles. The lowest BCUT2D eigenvalue weighted by atomic mass is 9.72. The van der Waals surface area contributed by atoms with E-state index in [1.54, 1.807) is 0 Å². The third kappa shape index (κ3) is 5.80. The molecule has 0 aromatic carbocycles. The Labute approximate surface area is 151 Å². The highest BCUT2D eigenvalue weighted by Crippen LogP contribution is 2.40. The van der Waals surface area contributed by atoms with E-state index in [9.17, 15) is 13.2 Å². The summed E-state index contributed by atoms with van der Waals surface area (Å²) in [6.45, 7) is 8.56. The van der Waals surface area contributed by atoms with Crippen molar-refractivity contribution in [1.82, 2.24) is 5.43 Å². The van der Waals surface area contributed by atoms with Crippen molar-refractivity contribution in [2.24, 2.45) is 16.4 Å². The summed E-state index contributed by atoms with van der Waals surface area (Å²) < 4.78 is 22.9. The molecule has 1 N–H and O–H groups in total. The van der Waals surface area contributed by atoms with Crippen LogP contribution in [0.25, 0.3) is 0 Å². The molecule has 1 fully saturated rings. The summed E-state index contributed by atoms with van der Waals surface area (Å²) in [4.78, 5) is 11.9. The van der Waals surface area contributed by atoms with Crippen molar-refractivity contribution in [3.8, 4) is 0 Å². The number of nitrogens with one attached hydrogen (secondary N) is 1. The average molecular weight is 367 g/mol. The summed E-state index contributed by atoms with van der Waals surface area (Å²) in [5, 5.41) is 4.12. The molecule has 6 heteroatoms. The van der Waals surface area contributed by atoms with E-state index in [1.165, 1.54) is 24.0 Å². The van der Waals surface area contributed by atoms with Gasteiger partial charge in [0.25, 0.3) is 0 Å². The van der Waals surface area contributed by atoms with E-state index >= 15 is 0 Å². The second-order valence-corrected chi connectivity index (χ2v) is 10.3. The number of nitrogens with zero attached hydrogens (tertiary/aromatic N) is 1. The second-order valence-electron chi connectivity index (χ2n) is 8.03. The van der Waals surface area contributed by atoms with E-state index < -0.39 is 9.84 Å². The molecule has 0 bridgehead atoms. The van der Waals surface area contributed by atoms with Crippen LogP contribution in [0.2, 0.25) is 0 Å². The molecule has 25 heavy (non-hydrogen) atoms. The molecule has 1 aliphatic heterocycles. The van der Waals surface area contributed by atoms with Gasteiger partial charge in [0, 0.05) is 6.42 Å². The van der Waals surface area contributed by atoms with Crippen LogP contribution in [0.5, 0.6) is 0 Å². The quantitative estimate of drug-likeness (QED) is 0.598. The molecule has 0 saturated carbocycles. The van der Waals surface area contributed by atoms with Crippen molar-refractivity contribution < 1.29 is 13.2 Å². The third-order valence-electron chi connectivity index (χ3n) is 5.19. The lowest BCUT2D eigenvalue weighted by molar-refractivity contribution is -0.121. The maximum atomic E-state index is 11.9. The summed E-state index contributed by atoms with van der Waals surface area (Å²) in [7, 11) is -2.94. The summed E-state index contributed by atoms with van der Waals surface area (Å²) >= 11 is 0. The van der Waals surface area contributed by atoms with Crippen LogP contribution in [-0.4, -0.2) is 31.5 Å². The van der Waals surface area contributed by atoms with Crippen LogP contribution in [0.3, 0.4) is 0 Å². The van der Waals surface area contributed by atoms with E-state index in [-0.39, 0.29) is 35.2 Å². The minimum atomic E-state index is -2.94. The molecule has 2 rings (SSSR count). The molecule has 1 unspecified atom stereocenters. The van der Waals surface area contributed by atoms with Crippen molar-refractivity contribution in [2.45, 2.75) is 59.8 Å². The summed E-state index contributed by atoms with van der Waals surface area (Å²) in [5.74, 6) is 0.0151. The van der Waals surface area contributed by atoms with Crippen LogP contribution < -0.4 is 5.43 Å². The number of sulfone groups is 1. The summed E-state index contributed by atoms with van der Waals surface area (Å²) in [6.07, 6.45) is 8.39. The Morgan fingerprint density at radius 1 is 1.40 bits per heavy atom. The monoisotopic (exact) mass is 366 g/mol. The molecule has 0 aromatic rings. The zero-order valence-electron chi connectivity index (χ0n) is 15.8. The van der Waals surface area contributed by atoms with E-state index in [0.717, 1.165) is 12.1 Å². The van der Waals surface area contributed by atoms with Gasteiger partial charge in [0.1, 0.15) is 0 Å². The molecule has 1 heterocycles. The fraction of sp³-hybridized carbons (Fsp3) is 0.684. The highest BCUT2D eigenvalue weighted by atomic mass is 32.2. The van der Waals surface area contributed by atoms with Gasteiger partial charge in [-0.3, -0.25) is 4.79 Å². The van der Waals surface area contributed by atoms with Crippen LogP contribution in [0.4, 0.5) is 0 Å². The van der Waals surface area contributed by atoms with Crippen LogP contribution in [0.1, 0.15) is 59.8 Å². The number of amides is 1. The predicted octanol–water partition coefficient (Wildman–Crippen LogP) is 3.39. The lowest BCUT2D eigenvalue weighted by Gasteiger charge is -2.32. The fourth-order valence-corrected chi connectivity index (χ4v) is 5.60. The van der Waals surface area contributed by atoms with Gasteiger partial charge in [-0.1, -0.05) is 25.5 Å². The second kappa shape index (κ2) is 7.85. The largest absolute Gasteiger partial charge is 0.273 e. The van der Waals surface area contributed by atoms with Crippen LogP contribution in [0, 0.1) is 11.3 Å². The molecule has 1 saturated heterocycles. The molecule has 0 radical (unpaired) electrons.